The molecule has 34 heavy (non-hydrogen) atoms. The Bertz CT molecular complexity index is 1280. The van der Waals surface area contributed by atoms with E-state index in [-0.39, 0.29) is 0 Å². The molecular weight excluding hydrogens is 457 g/mol. The summed E-state index contributed by atoms with van der Waals surface area (Å²) in [7, 11) is 0. The smallest absolute Gasteiger partial charge is 0.0563 e. The van der Waals surface area contributed by atoms with Crippen LogP contribution in [-0.2, 0) is 25.8 Å². The molecule has 0 bridgehead atoms. The lowest BCUT2D eigenvalue weighted by Crippen LogP contribution is -2.23. The van der Waals surface area contributed by atoms with E-state index in [9.17, 15) is 0 Å². The van der Waals surface area contributed by atoms with Gasteiger partial charge in [-0.05, 0) is 72.0 Å². The second-order valence-corrected chi connectivity index (χ2v) is 10.2. The van der Waals surface area contributed by atoms with E-state index in [0.29, 0.717) is 0 Å². The number of aryl methyl sites for hydroxylation is 2. The zero-order chi connectivity index (χ0) is 23.1. The molecule has 170 valence electrons. The summed E-state index contributed by atoms with van der Waals surface area (Å²) >= 11 is 14.1. The van der Waals surface area contributed by atoms with Gasteiger partial charge in [-0.2, -0.15) is 0 Å². The van der Waals surface area contributed by atoms with Gasteiger partial charge in [-0.25, -0.2) is 0 Å². The van der Waals surface area contributed by atoms with Crippen molar-refractivity contribution in [3.8, 4) is 33.4 Å². The van der Waals surface area contributed by atoms with E-state index in [2.05, 4.69) is 78.1 Å². The molecule has 4 aromatic rings. The van der Waals surface area contributed by atoms with Gasteiger partial charge < -0.3 is 5.32 Å². The van der Waals surface area contributed by atoms with Gasteiger partial charge in [0.2, 0.25) is 0 Å². The van der Waals surface area contributed by atoms with Gasteiger partial charge in [-0.1, -0.05) is 96.0 Å². The van der Waals surface area contributed by atoms with Gasteiger partial charge in [-0.15, -0.1) is 0 Å². The normalized spacial score (nSPS) is 15.0. The minimum Gasteiger partial charge on any atom is -0.312 e. The molecule has 6 rings (SSSR count). The summed E-state index contributed by atoms with van der Waals surface area (Å²) in [5.41, 5.74) is 12.2. The Balaban J connectivity index is 1.42. The largest absolute Gasteiger partial charge is 0.312 e. The number of hydrogen-bond acceptors (Lipinski definition) is 1. The first-order valence-corrected chi connectivity index (χ1v) is 13.0. The van der Waals surface area contributed by atoms with Gasteiger partial charge in [0.1, 0.15) is 0 Å². The minimum absolute atomic E-state index is 0.751. The molecule has 1 N–H and O–H groups in total. The van der Waals surface area contributed by atoms with E-state index in [0.717, 1.165) is 63.8 Å². The predicted molar refractivity (Wildman–Crippen MR) is 145 cm³/mol. The van der Waals surface area contributed by atoms with Crippen LogP contribution in [0.15, 0.2) is 72.8 Å². The van der Waals surface area contributed by atoms with Crippen LogP contribution in [0.5, 0.6) is 0 Å². The van der Waals surface area contributed by atoms with Crippen molar-refractivity contribution in [2.45, 2.75) is 38.6 Å². The molecule has 0 saturated carbocycles. The van der Waals surface area contributed by atoms with Crippen molar-refractivity contribution in [2.24, 2.45) is 0 Å². The van der Waals surface area contributed by atoms with Crippen molar-refractivity contribution >= 4 is 23.2 Å². The third kappa shape index (κ3) is 3.96. The van der Waals surface area contributed by atoms with Crippen LogP contribution in [0, 0.1) is 0 Å². The number of fused-ring (bicyclic) bond motifs is 2. The molecule has 1 heterocycles. The number of rotatable bonds is 3. The number of benzene rings is 4. The van der Waals surface area contributed by atoms with Crippen molar-refractivity contribution in [3.05, 3.63) is 105 Å². The van der Waals surface area contributed by atoms with Crippen LogP contribution < -0.4 is 5.32 Å². The Kier molecular flexibility index (Phi) is 5.95. The van der Waals surface area contributed by atoms with Crippen LogP contribution in [0.1, 0.15) is 35.1 Å². The van der Waals surface area contributed by atoms with Gasteiger partial charge >= 0.3 is 0 Å². The first-order chi connectivity index (χ1) is 16.7. The van der Waals surface area contributed by atoms with Gasteiger partial charge in [0, 0.05) is 28.8 Å². The number of nitrogens with one attached hydrogen (secondary N) is 1. The summed E-state index contributed by atoms with van der Waals surface area (Å²) in [4.78, 5) is 0. The van der Waals surface area contributed by atoms with Crippen LogP contribution in [0.4, 0.5) is 0 Å². The monoisotopic (exact) mass is 483 g/mol. The Morgan fingerprint density at radius 2 is 1.06 bits per heavy atom. The lowest BCUT2D eigenvalue weighted by molar-refractivity contribution is 0.644. The average Bonchev–Trinajstić information content (AvgIpc) is 2.89. The van der Waals surface area contributed by atoms with Gasteiger partial charge in [0.05, 0.1) is 10.0 Å². The van der Waals surface area contributed by atoms with Crippen LogP contribution >= 0.6 is 23.2 Å². The van der Waals surface area contributed by atoms with Crippen molar-refractivity contribution in [2.75, 3.05) is 6.54 Å². The summed E-state index contributed by atoms with van der Waals surface area (Å²) in [5, 5.41) is 4.95. The second kappa shape index (κ2) is 9.23. The van der Waals surface area contributed by atoms with Crippen LogP contribution in [0.3, 0.4) is 0 Å². The highest BCUT2D eigenvalue weighted by Gasteiger charge is 2.18. The number of halogens is 2. The average molecular weight is 484 g/mol. The third-order valence-electron chi connectivity index (χ3n) is 7.35. The van der Waals surface area contributed by atoms with Crippen LogP contribution in [0.2, 0.25) is 10.0 Å². The first kappa shape index (κ1) is 21.9. The van der Waals surface area contributed by atoms with E-state index < -0.39 is 0 Å². The highest BCUT2D eigenvalue weighted by atomic mass is 35.5. The molecule has 0 unspecified atom stereocenters. The molecule has 1 aliphatic carbocycles. The van der Waals surface area contributed by atoms with E-state index in [4.69, 9.17) is 23.2 Å². The van der Waals surface area contributed by atoms with Gasteiger partial charge in [0.25, 0.3) is 0 Å². The van der Waals surface area contributed by atoms with E-state index in [1.165, 1.54) is 47.1 Å². The van der Waals surface area contributed by atoms with Crippen molar-refractivity contribution in [3.63, 3.8) is 0 Å². The first-order valence-electron chi connectivity index (χ1n) is 12.2. The molecule has 2 aliphatic rings. The van der Waals surface area contributed by atoms with Crippen molar-refractivity contribution in [1.29, 1.82) is 0 Å². The standard InChI is InChI=1S/C31H27Cl2N/c32-30-26(23-12-11-20-5-1-2-6-21(20)17-23)7-3-9-28(30)29-10-4-8-27(31(29)33)24-13-14-25-19-34-16-15-22(25)18-24/h3-4,7-14,17-18,34H,1-2,5-6,15-16,19H2. The SMILES string of the molecule is Clc1c(-c2ccc3c(c2)CCCC3)cccc1-c1cccc(-c2ccc3c(c2)CCNC3)c1Cl. The Morgan fingerprint density at radius 3 is 1.71 bits per heavy atom. The summed E-state index contributed by atoms with van der Waals surface area (Å²) in [6.45, 7) is 1.96. The lowest BCUT2D eigenvalue weighted by Gasteiger charge is -2.19. The lowest BCUT2D eigenvalue weighted by atomic mass is 9.88. The van der Waals surface area contributed by atoms with Crippen LogP contribution in [-0.4, -0.2) is 6.54 Å². The zero-order valence-electron chi connectivity index (χ0n) is 19.1. The summed E-state index contributed by atoms with van der Waals surface area (Å²) < 4.78 is 0. The molecule has 0 spiro atoms. The number of hydrogen-bond donors (Lipinski definition) is 1. The summed E-state index contributed by atoms with van der Waals surface area (Å²) in [5.74, 6) is 0. The fourth-order valence-electron chi connectivity index (χ4n) is 5.47. The maximum atomic E-state index is 7.06. The minimum atomic E-state index is 0.751. The summed E-state index contributed by atoms with van der Waals surface area (Å²) in [6, 6.07) is 26.1. The summed E-state index contributed by atoms with van der Waals surface area (Å²) in [6.07, 6.45) is 5.95. The molecule has 0 aromatic heterocycles. The van der Waals surface area contributed by atoms with E-state index in [1.807, 2.05) is 0 Å². The molecule has 3 heteroatoms. The van der Waals surface area contributed by atoms with Crippen molar-refractivity contribution < 1.29 is 0 Å². The molecule has 4 aromatic carbocycles. The molecule has 0 atom stereocenters. The van der Waals surface area contributed by atoms with Crippen molar-refractivity contribution in [1.82, 2.24) is 5.32 Å². The van der Waals surface area contributed by atoms with Gasteiger partial charge in [0.15, 0.2) is 0 Å². The Labute approximate surface area is 211 Å². The predicted octanol–water partition coefficient (Wildman–Crippen LogP) is 8.52. The molecule has 0 fully saturated rings. The fraction of sp³-hybridized carbons (Fsp3) is 0.226. The second-order valence-electron chi connectivity index (χ2n) is 9.44. The highest BCUT2D eigenvalue weighted by Crippen LogP contribution is 2.43. The fourth-order valence-corrected chi connectivity index (χ4v) is 6.15. The van der Waals surface area contributed by atoms with E-state index in [1.54, 1.807) is 0 Å². The molecule has 1 nitrogen and oxygen atoms in total. The molecule has 0 amide bonds. The maximum absolute atomic E-state index is 7.06. The topological polar surface area (TPSA) is 12.0 Å². The maximum Gasteiger partial charge on any atom is 0.0563 e. The highest BCUT2D eigenvalue weighted by molar-refractivity contribution is 6.39. The molecule has 1 aliphatic heterocycles. The zero-order valence-corrected chi connectivity index (χ0v) is 20.6. The van der Waals surface area contributed by atoms with E-state index >= 15 is 0 Å². The van der Waals surface area contributed by atoms with Gasteiger partial charge in [-0.3, -0.25) is 0 Å². The quantitative estimate of drug-likeness (QED) is 0.307. The Morgan fingerprint density at radius 1 is 0.529 bits per heavy atom. The Hall–Kier alpha value is -2.58. The molecule has 0 saturated heterocycles. The third-order valence-corrected chi connectivity index (χ3v) is 8.17. The molecule has 0 radical (unpaired) electrons. The van der Waals surface area contributed by atoms with Crippen LogP contribution in [0.25, 0.3) is 33.4 Å². The molecular formula is C31H27Cl2N.